The molecule has 1 heteroatoms. The van der Waals surface area contributed by atoms with Gasteiger partial charge in [0.05, 0.1) is 11.0 Å². The second-order valence-corrected chi connectivity index (χ2v) is 21.2. The van der Waals surface area contributed by atoms with Crippen molar-refractivity contribution in [2.24, 2.45) is 0 Å². The highest BCUT2D eigenvalue weighted by Crippen LogP contribution is 2.52. The standard InChI is InChI=1S/C70H49N/c1-69(2)61-21-11-7-17-51(61)53-34-28-45(40-63(53)69)43-27-33-50-58(37-43)59-38-44(46-29-35-54-52-18-8-12-22-62(52)70(3,4)64(54)41-46)30-36-57(59)68-60(50)39-47-15-5-6-16-49(47)67(68)42-25-31-48(32-26-42)71-65-23-13-9-19-55(65)56-20-10-14-24-66(56)71/h5-41H,1-4H3. The van der Waals surface area contributed by atoms with E-state index in [0.29, 0.717) is 0 Å². The molecule has 0 atom stereocenters. The Labute approximate surface area is 413 Å². The molecule has 1 heterocycles. The van der Waals surface area contributed by atoms with Gasteiger partial charge in [0.2, 0.25) is 0 Å². The maximum absolute atomic E-state index is 2.49. The molecule has 2 aliphatic rings. The smallest absolute Gasteiger partial charge is 0.0541 e. The van der Waals surface area contributed by atoms with Crippen molar-refractivity contribution in [2.45, 2.75) is 38.5 Å². The van der Waals surface area contributed by atoms with E-state index in [4.69, 9.17) is 0 Å². The Bertz CT molecular complexity index is 4390. The Morgan fingerprint density at radius 3 is 1.31 bits per heavy atom. The maximum Gasteiger partial charge on any atom is 0.0541 e. The Morgan fingerprint density at radius 2 is 0.718 bits per heavy atom. The highest BCUT2D eigenvalue weighted by atomic mass is 15.0. The van der Waals surface area contributed by atoms with Gasteiger partial charge in [0.1, 0.15) is 0 Å². The minimum absolute atomic E-state index is 0.0819. The monoisotopic (exact) mass is 903 g/mol. The summed E-state index contributed by atoms with van der Waals surface area (Å²) in [5, 5.41) is 12.7. The zero-order valence-electron chi connectivity index (χ0n) is 40.3. The van der Waals surface area contributed by atoms with Crippen LogP contribution in [0.2, 0.25) is 0 Å². The Hall–Kier alpha value is -8.52. The molecular formula is C70H49N. The van der Waals surface area contributed by atoms with E-state index in [1.54, 1.807) is 0 Å². The third-order valence-electron chi connectivity index (χ3n) is 16.8. The average molecular weight is 904 g/mol. The van der Waals surface area contributed by atoms with Crippen LogP contribution in [0.1, 0.15) is 49.9 Å². The molecular weight excluding hydrogens is 855 g/mol. The van der Waals surface area contributed by atoms with Gasteiger partial charge < -0.3 is 4.57 Å². The minimum atomic E-state index is -0.0879. The van der Waals surface area contributed by atoms with Crippen LogP contribution in [0, 0.1) is 0 Å². The number of hydrogen-bond acceptors (Lipinski definition) is 0. The van der Waals surface area contributed by atoms with E-state index >= 15 is 0 Å². The fraction of sp³-hybridized carbons (Fsp3) is 0.0857. The maximum atomic E-state index is 2.49. The number of hydrogen-bond donors (Lipinski definition) is 0. The molecule has 0 fully saturated rings. The molecule has 12 aromatic carbocycles. The third-order valence-corrected chi connectivity index (χ3v) is 16.8. The Kier molecular flexibility index (Phi) is 8.25. The van der Waals surface area contributed by atoms with Crippen LogP contribution in [0.4, 0.5) is 0 Å². The molecule has 0 saturated carbocycles. The van der Waals surface area contributed by atoms with Gasteiger partial charge in [-0.3, -0.25) is 0 Å². The van der Waals surface area contributed by atoms with Crippen LogP contribution in [0.15, 0.2) is 224 Å². The molecule has 0 spiro atoms. The normalized spacial score (nSPS) is 14.1. The molecule has 2 aliphatic carbocycles. The highest BCUT2D eigenvalue weighted by molar-refractivity contribution is 6.32. The van der Waals surface area contributed by atoms with Crippen molar-refractivity contribution in [1.82, 2.24) is 4.57 Å². The SMILES string of the molecule is CC1(C)c2ccccc2-c2ccc(-c3ccc4c(c3)c3cc(-c5ccc6c(c5)C(C)(C)c5ccccc5-6)ccc3c3c(-c5ccc(-n6c7ccccc7c7ccccc76)cc5)c5ccccc5cc43)cc21. The van der Waals surface area contributed by atoms with E-state index in [0.717, 1.165) is 5.69 Å². The molecule has 13 aromatic rings. The Morgan fingerprint density at radius 1 is 0.282 bits per heavy atom. The topological polar surface area (TPSA) is 4.93 Å². The lowest BCUT2D eigenvalue weighted by atomic mass is 9.81. The number of para-hydroxylation sites is 2. The summed E-state index contributed by atoms with van der Waals surface area (Å²) in [5.41, 5.74) is 21.8. The second kappa shape index (κ2) is 14.5. The summed E-state index contributed by atoms with van der Waals surface area (Å²) in [5.74, 6) is 0. The largest absolute Gasteiger partial charge is 0.309 e. The van der Waals surface area contributed by atoms with Gasteiger partial charge in [0.15, 0.2) is 0 Å². The van der Waals surface area contributed by atoms with E-state index < -0.39 is 0 Å². The summed E-state index contributed by atoms with van der Waals surface area (Å²) in [6.45, 7) is 9.51. The molecule has 0 amide bonds. The van der Waals surface area contributed by atoms with E-state index in [-0.39, 0.29) is 10.8 Å². The second-order valence-electron chi connectivity index (χ2n) is 21.2. The molecule has 334 valence electrons. The van der Waals surface area contributed by atoms with Gasteiger partial charge in [0, 0.05) is 27.3 Å². The van der Waals surface area contributed by atoms with Crippen molar-refractivity contribution in [1.29, 1.82) is 0 Å². The molecule has 0 N–H and O–H groups in total. The minimum Gasteiger partial charge on any atom is -0.309 e. The highest BCUT2D eigenvalue weighted by Gasteiger charge is 2.36. The third kappa shape index (κ3) is 5.63. The lowest BCUT2D eigenvalue weighted by Gasteiger charge is -2.22. The molecule has 0 unspecified atom stereocenters. The van der Waals surface area contributed by atoms with Crippen molar-refractivity contribution in [3.8, 4) is 61.3 Å². The lowest BCUT2D eigenvalue weighted by Crippen LogP contribution is -2.14. The lowest BCUT2D eigenvalue weighted by molar-refractivity contribution is 0.660. The van der Waals surface area contributed by atoms with Gasteiger partial charge in [0.25, 0.3) is 0 Å². The van der Waals surface area contributed by atoms with Gasteiger partial charge >= 0.3 is 0 Å². The molecule has 1 nitrogen and oxygen atoms in total. The van der Waals surface area contributed by atoms with Crippen LogP contribution in [-0.4, -0.2) is 4.57 Å². The fourth-order valence-corrected chi connectivity index (χ4v) is 13.2. The van der Waals surface area contributed by atoms with Crippen molar-refractivity contribution >= 4 is 64.9 Å². The van der Waals surface area contributed by atoms with E-state index in [2.05, 4.69) is 257 Å². The van der Waals surface area contributed by atoms with Crippen molar-refractivity contribution in [3.63, 3.8) is 0 Å². The van der Waals surface area contributed by atoms with Crippen LogP contribution in [0.5, 0.6) is 0 Å². The van der Waals surface area contributed by atoms with Crippen LogP contribution in [-0.2, 0) is 10.8 Å². The number of aromatic nitrogens is 1. The van der Waals surface area contributed by atoms with Crippen LogP contribution >= 0.6 is 0 Å². The summed E-state index contributed by atoms with van der Waals surface area (Å²) < 4.78 is 2.41. The first-order valence-corrected chi connectivity index (χ1v) is 25.2. The Balaban J connectivity index is 0.976. The molecule has 0 saturated heterocycles. The molecule has 1 aromatic heterocycles. The van der Waals surface area contributed by atoms with Gasteiger partial charge in [-0.15, -0.1) is 0 Å². The number of nitrogens with zero attached hydrogens (tertiary/aromatic N) is 1. The van der Waals surface area contributed by atoms with Crippen LogP contribution < -0.4 is 0 Å². The van der Waals surface area contributed by atoms with Crippen LogP contribution in [0.3, 0.4) is 0 Å². The molecule has 15 rings (SSSR count). The summed E-state index contributed by atoms with van der Waals surface area (Å²) in [6.07, 6.45) is 0. The number of rotatable bonds is 4. The zero-order valence-corrected chi connectivity index (χ0v) is 40.3. The van der Waals surface area contributed by atoms with Gasteiger partial charge in [-0.05, 0) is 176 Å². The van der Waals surface area contributed by atoms with Gasteiger partial charge in [-0.2, -0.15) is 0 Å². The predicted molar refractivity (Wildman–Crippen MR) is 302 cm³/mol. The molecule has 0 bridgehead atoms. The van der Waals surface area contributed by atoms with E-state index in [1.165, 1.54) is 143 Å². The van der Waals surface area contributed by atoms with Crippen molar-refractivity contribution in [2.75, 3.05) is 0 Å². The summed E-state index contributed by atoms with van der Waals surface area (Å²) in [7, 11) is 0. The van der Waals surface area contributed by atoms with Gasteiger partial charge in [-0.1, -0.05) is 198 Å². The first-order chi connectivity index (χ1) is 34.7. The molecule has 0 radical (unpaired) electrons. The van der Waals surface area contributed by atoms with Crippen molar-refractivity contribution in [3.05, 3.63) is 247 Å². The number of fused-ring (bicyclic) bond motifs is 16. The zero-order chi connectivity index (χ0) is 47.3. The molecule has 71 heavy (non-hydrogen) atoms. The van der Waals surface area contributed by atoms with Crippen molar-refractivity contribution < 1.29 is 0 Å². The predicted octanol–water partition coefficient (Wildman–Crippen LogP) is 19.0. The first kappa shape index (κ1) is 40.4. The number of benzene rings is 12. The quantitative estimate of drug-likeness (QED) is 0.122. The van der Waals surface area contributed by atoms with E-state index in [1.807, 2.05) is 0 Å². The summed E-state index contributed by atoms with van der Waals surface area (Å²) in [4.78, 5) is 0. The summed E-state index contributed by atoms with van der Waals surface area (Å²) in [6, 6.07) is 85.1. The summed E-state index contributed by atoms with van der Waals surface area (Å²) >= 11 is 0. The van der Waals surface area contributed by atoms with Gasteiger partial charge in [-0.25, -0.2) is 0 Å². The average Bonchev–Trinajstić information content (AvgIpc) is 3.97. The van der Waals surface area contributed by atoms with Crippen LogP contribution in [0.25, 0.3) is 126 Å². The fourth-order valence-electron chi connectivity index (χ4n) is 13.2. The first-order valence-electron chi connectivity index (χ1n) is 25.2. The van der Waals surface area contributed by atoms with E-state index in [9.17, 15) is 0 Å². The molecule has 0 aliphatic heterocycles.